The molecule has 0 unspecified atom stereocenters. The van der Waals surface area contributed by atoms with E-state index < -0.39 is 0 Å². The number of nitrogens with zero attached hydrogens (tertiary/aromatic N) is 2. The predicted molar refractivity (Wildman–Crippen MR) is 77.8 cm³/mol. The Morgan fingerprint density at radius 3 is 3.06 bits per heavy atom. The van der Waals surface area contributed by atoms with Crippen molar-refractivity contribution in [1.29, 1.82) is 0 Å². The molecule has 0 fully saturated rings. The molecule has 1 aromatic heterocycles. The number of aromatic nitrogens is 1. The summed E-state index contributed by atoms with van der Waals surface area (Å²) in [6.45, 7) is 1.80. The van der Waals surface area contributed by atoms with E-state index in [9.17, 15) is 0 Å². The molecule has 1 aromatic carbocycles. The number of thioether (sulfide) groups is 1. The van der Waals surface area contributed by atoms with Crippen molar-refractivity contribution < 1.29 is 4.42 Å². The third kappa shape index (κ3) is 3.40. The van der Waals surface area contributed by atoms with Crippen molar-refractivity contribution >= 4 is 28.5 Å². The van der Waals surface area contributed by atoms with Gasteiger partial charge in [-0.3, -0.25) is 4.90 Å². The Labute approximate surface area is 112 Å². The highest BCUT2D eigenvalue weighted by molar-refractivity contribution is 7.98. The molecule has 98 valence electrons. The second kappa shape index (κ2) is 6.11. The molecule has 2 rings (SSSR count). The molecule has 4 nitrogen and oxygen atoms in total. The number of hydrogen-bond acceptors (Lipinski definition) is 5. The van der Waals surface area contributed by atoms with E-state index in [1.807, 2.05) is 30.0 Å². The SMILES string of the molecule is CSCCCN(C)Cc1nc2cc(N)ccc2o1. The van der Waals surface area contributed by atoms with Crippen LogP contribution < -0.4 is 5.73 Å². The van der Waals surface area contributed by atoms with Crippen molar-refractivity contribution in [3.8, 4) is 0 Å². The Kier molecular flexibility index (Phi) is 4.49. The first-order chi connectivity index (χ1) is 8.69. The molecule has 0 saturated carbocycles. The van der Waals surface area contributed by atoms with Gasteiger partial charge in [0.2, 0.25) is 5.89 Å². The third-order valence-electron chi connectivity index (χ3n) is 2.75. The van der Waals surface area contributed by atoms with Crippen molar-refractivity contribution in [1.82, 2.24) is 9.88 Å². The van der Waals surface area contributed by atoms with E-state index in [0.29, 0.717) is 0 Å². The van der Waals surface area contributed by atoms with E-state index >= 15 is 0 Å². The molecule has 0 radical (unpaired) electrons. The molecule has 0 bridgehead atoms. The van der Waals surface area contributed by atoms with E-state index in [1.165, 1.54) is 12.2 Å². The smallest absolute Gasteiger partial charge is 0.209 e. The van der Waals surface area contributed by atoms with Gasteiger partial charge in [-0.15, -0.1) is 0 Å². The van der Waals surface area contributed by atoms with Crippen molar-refractivity contribution in [2.45, 2.75) is 13.0 Å². The maximum atomic E-state index is 5.72. The van der Waals surface area contributed by atoms with Gasteiger partial charge in [0.05, 0.1) is 6.54 Å². The zero-order chi connectivity index (χ0) is 13.0. The summed E-state index contributed by atoms with van der Waals surface area (Å²) < 4.78 is 5.69. The first-order valence-electron chi connectivity index (χ1n) is 6.01. The molecule has 5 heteroatoms. The highest BCUT2D eigenvalue weighted by atomic mass is 32.2. The molecule has 0 aliphatic carbocycles. The minimum absolute atomic E-state index is 0.718. The van der Waals surface area contributed by atoms with Crippen molar-refractivity contribution in [2.24, 2.45) is 0 Å². The highest BCUT2D eigenvalue weighted by Crippen LogP contribution is 2.18. The number of hydrogen-bond donors (Lipinski definition) is 1. The number of benzene rings is 1. The van der Waals surface area contributed by atoms with Crippen molar-refractivity contribution in [3.63, 3.8) is 0 Å². The minimum atomic E-state index is 0.718. The molecule has 0 spiro atoms. The summed E-state index contributed by atoms with van der Waals surface area (Å²) in [5.41, 5.74) is 8.08. The largest absolute Gasteiger partial charge is 0.439 e. The van der Waals surface area contributed by atoms with Gasteiger partial charge in [0.25, 0.3) is 0 Å². The Morgan fingerprint density at radius 1 is 1.44 bits per heavy atom. The van der Waals surface area contributed by atoms with Crippen LogP contribution in [0.5, 0.6) is 0 Å². The molecule has 18 heavy (non-hydrogen) atoms. The van der Waals surface area contributed by atoms with Gasteiger partial charge < -0.3 is 10.2 Å². The van der Waals surface area contributed by atoms with Gasteiger partial charge in [0.15, 0.2) is 5.58 Å². The lowest BCUT2D eigenvalue weighted by Crippen LogP contribution is -2.19. The van der Waals surface area contributed by atoms with Crippen molar-refractivity contribution in [2.75, 3.05) is 31.3 Å². The Bertz CT molecular complexity index is 512. The second-order valence-electron chi connectivity index (χ2n) is 4.42. The lowest BCUT2D eigenvalue weighted by molar-refractivity contribution is 0.294. The molecule has 1 heterocycles. The van der Waals surface area contributed by atoms with Crippen LogP contribution in [-0.2, 0) is 6.54 Å². The van der Waals surface area contributed by atoms with Crippen LogP contribution in [0.4, 0.5) is 5.69 Å². The van der Waals surface area contributed by atoms with Gasteiger partial charge in [-0.25, -0.2) is 4.98 Å². The van der Waals surface area contributed by atoms with Gasteiger partial charge in [-0.2, -0.15) is 11.8 Å². The summed E-state index contributed by atoms with van der Waals surface area (Å²) in [5, 5.41) is 0. The summed E-state index contributed by atoms with van der Waals surface area (Å²) in [5.74, 6) is 1.94. The maximum absolute atomic E-state index is 5.72. The van der Waals surface area contributed by atoms with Crippen LogP contribution in [0, 0.1) is 0 Å². The fourth-order valence-electron chi connectivity index (χ4n) is 1.85. The third-order valence-corrected chi connectivity index (χ3v) is 3.45. The monoisotopic (exact) mass is 265 g/mol. The number of oxazole rings is 1. The molecular formula is C13H19N3OS. The number of nitrogens with two attached hydrogens (primary N) is 1. The van der Waals surface area contributed by atoms with Gasteiger partial charge in [0, 0.05) is 5.69 Å². The molecule has 0 amide bonds. The number of fused-ring (bicyclic) bond motifs is 1. The Balaban J connectivity index is 1.98. The molecular weight excluding hydrogens is 246 g/mol. The molecule has 0 atom stereocenters. The van der Waals surface area contributed by atoms with Gasteiger partial charge in [-0.05, 0) is 50.2 Å². The molecule has 0 aliphatic rings. The fraction of sp³-hybridized carbons (Fsp3) is 0.462. The summed E-state index contributed by atoms with van der Waals surface area (Å²) in [7, 11) is 2.09. The summed E-state index contributed by atoms with van der Waals surface area (Å²) >= 11 is 1.88. The topological polar surface area (TPSA) is 55.3 Å². The van der Waals surface area contributed by atoms with Crippen LogP contribution in [0.15, 0.2) is 22.6 Å². The second-order valence-corrected chi connectivity index (χ2v) is 5.40. The zero-order valence-electron chi connectivity index (χ0n) is 10.8. The Hall–Kier alpha value is -1.20. The highest BCUT2D eigenvalue weighted by Gasteiger charge is 2.08. The van der Waals surface area contributed by atoms with E-state index in [0.717, 1.165) is 35.8 Å². The number of nitrogen functional groups attached to an aromatic ring is 1. The molecule has 0 aliphatic heterocycles. The number of anilines is 1. The lowest BCUT2D eigenvalue weighted by atomic mass is 10.3. The summed E-state index contributed by atoms with van der Waals surface area (Å²) in [6, 6.07) is 5.55. The first kappa shape index (κ1) is 13.2. The first-order valence-corrected chi connectivity index (χ1v) is 7.41. The lowest BCUT2D eigenvalue weighted by Gasteiger charge is -2.13. The normalized spacial score (nSPS) is 11.5. The summed E-state index contributed by atoms with van der Waals surface area (Å²) in [4.78, 5) is 6.67. The molecule has 2 N–H and O–H groups in total. The zero-order valence-corrected chi connectivity index (χ0v) is 11.7. The van der Waals surface area contributed by atoms with Gasteiger partial charge in [0.1, 0.15) is 5.52 Å². The van der Waals surface area contributed by atoms with E-state index in [2.05, 4.69) is 23.2 Å². The fourth-order valence-corrected chi connectivity index (χ4v) is 2.27. The predicted octanol–water partition coefficient (Wildman–Crippen LogP) is 2.59. The van der Waals surface area contributed by atoms with Crippen LogP contribution in [0.3, 0.4) is 0 Å². The summed E-state index contributed by atoms with van der Waals surface area (Å²) in [6.07, 6.45) is 3.32. The maximum Gasteiger partial charge on any atom is 0.209 e. The average molecular weight is 265 g/mol. The van der Waals surface area contributed by atoms with Crippen LogP contribution in [0.25, 0.3) is 11.1 Å². The van der Waals surface area contributed by atoms with Crippen LogP contribution in [0.1, 0.15) is 12.3 Å². The van der Waals surface area contributed by atoms with Crippen LogP contribution in [-0.4, -0.2) is 35.5 Å². The van der Waals surface area contributed by atoms with Gasteiger partial charge >= 0.3 is 0 Å². The standard InChI is InChI=1S/C13H19N3OS/c1-16(6-3-7-18-2)9-13-15-11-8-10(14)4-5-12(11)17-13/h4-5,8H,3,6-7,9,14H2,1-2H3. The number of rotatable bonds is 6. The average Bonchev–Trinajstić information content (AvgIpc) is 2.70. The van der Waals surface area contributed by atoms with Crippen LogP contribution >= 0.6 is 11.8 Å². The quantitative estimate of drug-likeness (QED) is 0.642. The minimum Gasteiger partial charge on any atom is -0.439 e. The molecule has 0 saturated heterocycles. The van der Waals surface area contributed by atoms with Gasteiger partial charge in [-0.1, -0.05) is 0 Å². The van der Waals surface area contributed by atoms with Crippen LogP contribution in [0.2, 0.25) is 0 Å². The molecule has 2 aromatic rings. The van der Waals surface area contributed by atoms with Crippen molar-refractivity contribution in [3.05, 3.63) is 24.1 Å². The Morgan fingerprint density at radius 2 is 2.28 bits per heavy atom. The van der Waals surface area contributed by atoms with E-state index in [-0.39, 0.29) is 0 Å². The van der Waals surface area contributed by atoms with E-state index in [4.69, 9.17) is 10.2 Å². The van der Waals surface area contributed by atoms with E-state index in [1.54, 1.807) is 0 Å².